The summed E-state index contributed by atoms with van der Waals surface area (Å²) in [6.45, 7) is 5.76. The SMILES string of the molecule is CC(C)OCCCNC(=O)NCCCN1C(=O)c2ccccc2C1=O. The molecule has 2 N–H and O–H groups in total. The van der Waals surface area contributed by atoms with Gasteiger partial charge in [-0.2, -0.15) is 0 Å². The van der Waals surface area contributed by atoms with Gasteiger partial charge >= 0.3 is 6.03 Å². The quantitative estimate of drug-likeness (QED) is 0.527. The van der Waals surface area contributed by atoms with Crippen LogP contribution in [0.2, 0.25) is 0 Å². The molecule has 1 aliphatic heterocycles. The van der Waals surface area contributed by atoms with E-state index in [-0.39, 0.29) is 30.5 Å². The van der Waals surface area contributed by atoms with Gasteiger partial charge in [-0.25, -0.2) is 4.79 Å². The van der Waals surface area contributed by atoms with Gasteiger partial charge in [-0.05, 0) is 38.8 Å². The largest absolute Gasteiger partial charge is 0.379 e. The lowest BCUT2D eigenvalue weighted by Gasteiger charge is -2.14. The molecule has 1 aliphatic rings. The molecule has 1 aromatic rings. The first-order valence-corrected chi connectivity index (χ1v) is 8.59. The van der Waals surface area contributed by atoms with Crippen molar-refractivity contribution in [3.05, 3.63) is 35.4 Å². The number of carbonyl (C=O) groups excluding carboxylic acids is 3. The molecular formula is C18H25N3O4. The summed E-state index contributed by atoms with van der Waals surface area (Å²) in [7, 11) is 0. The Morgan fingerprint density at radius 2 is 1.60 bits per heavy atom. The Morgan fingerprint density at radius 1 is 1.04 bits per heavy atom. The molecule has 0 fully saturated rings. The number of nitrogens with one attached hydrogen (secondary N) is 2. The van der Waals surface area contributed by atoms with Crippen LogP contribution in [0.15, 0.2) is 24.3 Å². The number of nitrogens with zero attached hydrogens (tertiary/aromatic N) is 1. The van der Waals surface area contributed by atoms with Crippen molar-refractivity contribution in [1.29, 1.82) is 0 Å². The van der Waals surface area contributed by atoms with Crippen LogP contribution in [-0.4, -0.2) is 55.1 Å². The Labute approximate surface area is 147 Å². The van der Waals surface area contributed by atoms with E-state index in [1.807, 2.05) is 13.8 Å². The highest BCUT2D eigenvalue weighted by atomic mass is 16.5. The van der Waals surface area contributed by atoms with Gasteiger partial charge in [0.15, 0.2) is 0 Å². The van der Waals surface area contributed by atoms with E-state index in [1.54, 1.807) is 24.3 Å². The smallest absolute Gasteiger partial charge is 0.314 e. The minimum atomic E-state index is -0.268. The van der Waals surface area contributed by atoms with E-state index in [0.717, 1.165) is 6.42 Å². The van der Waals surface area contributed by atoms with Crippen LogP contribution in [-0.2, 0) is 4.74 Å². The van der Waals surface area contributed by atoms with Crippen LogP contribution >= 0.6 is 0 Å². The van der Waals surface area contributed by atoms with Crippen molar-refractivity contribution < 1.29 is 19.1 Å². The van der Waals surface area contributed by atoms with E-state index in [1.165, 1.54) is 4.90 Å². The molecule has 0 saturated heterocycles. The van der Waals surface area contributed by atoms with Crippen molar-refractivity contribution in [2.24, 2.45) is 0 Å². The zero-order chi connectivity index (χ0) is 18.2. The summed E-state index contributed by atoms with van der Waals surface area (Å²) in [5.74, 6) is -0.537. The van der Waals surface area contributed by atoms with E-state index in [9.17, 15) is 14.4 Å². The summed E-state index contributed by atoms with van der Waals surface area (Å²) < 4.78 is 5.38. The van der Waals surface area contributed by atoms with Crippen LogP contribution in [0, 0.1) is 0 Å². The van der Waals surface area contributed by atoms with Crippen LogP contribution in [0.3, 0.4) is 0 Å². The predicted octanol–water partition coefficient (Wildman–Crippen LogP) is 1.79. The van der Waals surface area contributed by atoms with Crippen LogP contribution in [0.1, 0.15) is 47.4 Å². The van der Waals surface area contributed by atoms with Crippen LogP contribution in [0.25, 0.3) is 0 Å². The number of hydrogen-bond donors (Lipinski definition) is 2. The highest BCUT2D eigenvalue weighted by Gasteiger charge is 2.34. The van der Waals surface area contributed by atoms with Crippen molar-refractivity contribution in [3.63, 3.8) is 0 Å². The Bertz CT molecular complexity index is 596. The molecule has 136 valence electrons. The lowest BCUT2D eigenvalue weighted by molar-refractivity contribution is 0.0653. The van der Waals surface area contributed by atoms with Gasteiger partial charge in [-0.1, -0.05) is 12.1 Å². The summed E-state index contributed by atoms with van der Waals surface area (Å²) in [6, 6.07) is 6.54. The zero-order valence-corrected chi connectivity index (χ0v) is 14.7. The maximum absolute atomic E-state index is 12.2. The van der Waals surface area contributed by atoms with Gasteiger partial charge in [0.1, 0.15) is 0 Å². The monoisotopic (exact) mass is 347 g/mol. The third kappa shape index (κ3) is 5.29. The minimum absolute atomic E-state index is 0.191. The Hall–Kier alpha value is -2.41. The normalized spacial score (nSPS) is 13.3. The highest BCUT2D eigenvalue weighted by Crippen LogP contribution is 2.22. The number of benzene rings is 1. The molecule has 1 aromatic carbocycles. The van der Waals surface area contributed by atoms with Gasteiger partial charge in [0, 0.05) is 26.2 Å². The molecule has 0 atom stereocenters. The fraction of sp³-hybridized carbons (Fsp3) is 0.500. The standard InChI is InChI=1S/C18H25N3O4/c1-13(2)25-12-6-10-20-18(24)19-9-5-11-21-16(22)14-7-3-4-8-15(14)17(21)23/h3-4,7-8,13H,5-6,9-12H2,1-2H3,(H2,19,20,24). The number of ether oxygens (including phenoxy) is 1. The second kappa shape index (κ2) is 9.17. The molecule has 0 unspecified atom stereocenters. The lowest BCUT2D eigenvalue weighted by Crippen LogP contribution is -2.38. The lowest BCUT2D eigenvalue weighted by atomic mass is 10.1. The molecule has 7 nitrogen and oxygen atoms in total. The second-order valence-corrected chi connectivity index (χ2v) is 6.12. The van der Waals surface area contributed by atoms with Gasteiger partial charge in [-0.15, -0.1) is 0 Å². The summed E-state index contributed by atoms with van der Waals surface area (Å²) in [6.07, 6.45) is 1.45. The van der Waals surface area contributed by atoms with Crippen molar-refractivity contribution in [2.45, 2.75) is 32.8 Å². The number of carbonyl (C=O) groups is 3. The van der Waals surface area contributed by atoms with Crippen molar-refractivity contribution in [2.75, 3.05) is 26.2 Å². The number of hydrogen-bond acceptors (Lipinski definition) is 4. The fourth-order valence-electron chi connectivity index (χ4n) is 2.54. The van der Waals surface area contributed by atoms with E-state index < -0.39 is 0 Å². The van der Waals surface area contributed by atoms with Crippen molar-refractivity contribution in [3.8, 4) is 0 Å². The molecule has 0 aromatic heterocycles. The predicted molar refractivity (Wildman–Crippen MR) is 93.5 cm³/mol. The molecule has 0 saturated carbocycles. The fourth-order valence-corrected chi connectivity index (χ4v) is 2.54. The maximum atomic E-state index is 12.2. The summed E-state index contributed by atoms with van der Waals surface area (Å²) in [5, 5.41) is 5.46. The Balaban J connectivity index is 1.61. The zero-order valence-electron chi connectivity index (χ0n) is 14.7. The molecular weight excluding hydrogens is 322 g/mol. The first kappa shape index (κ1) is 18.9. The second-order valence-electron chi connectivity index (χ2n) is 6.12. The van der Waals surface area contributed by atoms with Gasteiger partial charge in [0.05, 0.1) is 17.2 Å². The Kier molecular flexibility index (Phi) is 6.94. The molecule has 0 aliphatic carbocycles. The molecule has 7 heteroatoms. The molecule has 0 bridgehead atoms. The average Bonchev–Trinajstić information content (AvgIpc) is 2.83. The third-order valence-corrected chi connectivity index (χ3v) is 3.78. The Morgan fingerprint density at radius 3 is 2.16 bits per heavy atom. The van der Waals surface area contributed by atoms with E-state index >= 15 is 0 Å². The molecule has 1 heterocycles. The number of rotatable bonds is 9. The topological polar surface area (TPSA) is 87.7 Å². The highest BCUT2D eigenvalue weighted by molar-refractivity contribution is 6.21. The van der Waals surface area contributed by atoms with Crippen molar-refractivity contribution >= 4 is 17.8 Å². The molecule has 25 heavy (non-hydrogen) atoms. The van der Waals surface area contributed by atoms with E-state index in [2.05, 4.69) is 10.6 Å². The molecule has 0 spiro atoms. The molecule has 4 amide bonds. The molecule has 2 rings (SSSR count). The van der Waals surface area contributed by atoms with Crippen molar-refractivity contribution in [1.82, 2.24) is 15.5 Å². The number of amides is 4. The summed E-state index contributed by atoms with van der Waals surface area (Å²) >= 11 is 0. The first-order chi connectivity index (χ1) is 12.0. The van der Waals surface area contributed by atoms with Gasteiger partial charge in [0.25, 0.3) is 11.8 Å². The van der Waals surface area contributed by atoms with Crippen LogP contribution in [0.5, 0.6) is 0 Å². The summed E-state index contributed by atoms with van der Waals surface area (Å²) in [4.78, 5) is 37.2. The van der Waals surface area contributed by atoms with E-state index in [4.69, 9.17) is 4.74 Å². The van der Waals surface area contributed by atoms with Gasteiger partial charge in [0.2, 0.25) is 0 Å². The van der Waals surface area contributed by atoms with Gasteiger partial charge < -0.3 is 15.4 Å². The maximum Gasteiger partial charge on any atom is 0.314 e. The van der Waals surface area contributed by atoms with Crippen LogP contribution in [0.4, 0.5) is 4.79 Å². The number of urea groups is 1. The average molecular weight is 347 g/mol. The number of fused-ring (bicyclic) bond motifs is 1. The summed E-state index contributed by atoms with van der Waals surface area (Å²) in [5.41, 5.74) is 0.892. The van der Waals surface area contributed by atoms with Crippen LogP contribution < -0.4 is 10.6 Å². The minimum Gasteiger partial charge on any atom is -0.379 e. The first-order valence-electron chi connectivity index (χ1n) is 8.59. The third-order valence-electron chi connectivity index (χ3n) is 3.78. The number of imide groups is 1. The van der Waals surface area contributed by atoms with E-state index in [0.29, 0.717) is 37.2 Å². The molecule has 0 radical (unpaired) electrons. The van der Waals surface area contributed by atoms with Gasteiger partial charge in [-0.3, -0.25) is 14.5 Å².